The van der Waals surface area contributed by atoms with Gasteiger partial charge in [-0.05, 0) is 37.8 Å². The predicted octanol–water partition coefficient (Wildman–Crippen LogP) is 3.03. The van der Waals surface area contributed by atoms with Crippen LogP contribution in [0.5, 0.6) is 0 Å². The summed E-state index contributed by atoms with van der Waals surface area (Å²) in [6, 6.07) is 2.30. The number of carboxylic acid groups (broad SMARTS) is 1. The average Bonchev–Trinajstić information content (AvgIpc) is 2.44. The standard InChI is InChI=1S/C14H17F2NO3/c15-12-10(14(18)19)4-5-11(13(12)16)17-7-6-9-3-1-2-8-20-9/h4-5,9,17H,1-3,6-8H2,(H,18,19). The summed E-state index contributed by atoms with van der Waals surface area (Å²) in [6.07, 6.45) is 4.04. The van der Waals surface area contributed by atoms with Crippen LogP contribution in [0.15, 0.2) is 12.1 Å². The molecule has 20 heavy (non-hydrogen) atoms. The molecule has 1 saturated heterocycles. The van der Waals surface area contributed by atoms with E-state index >= 15 is 0 Å². The first-order valence-corrected chi connectivity index (χ1v) is 6.66. The van der Waals surface area contributed by atoms with E-state index in [0.29, 0.717) is 13.0 Å². The molecular formula is C14H17F2NO3. The Morgan fingerprint density at radius 1 is 1.35 bits per heavy atom. The molecule has 110 valence electrons. The maximum Gasteiger partial charge on any atom is 0.338 e. The Balaban J connectivity index is 1.92. The van der Waals surface area contributed by atoms with E-state index in [1.54, 1.807) is 0 Å². The van der Waals surface area contributed by atoms with E-state index in [1.807, 2.05) is 0 Å². The van der Waals surface area contributed by atoms with Crippen LogP contribution in [0.3, 0.4) is 0 Å². The maximum absolute atomic E-state index is 13.7. The Morgan fingerprint density at radius 2 is 2.15 bits per heavy atom. The van der Waals surface area contributed by atoms with Crippen molar-refractivity contribution in [1.82, 2.24) is 0 Å². The van der Waals surface area contributed by atoms with Crippen molar-refractivity contribution in [1.29, 1.82) is 0 Å². The van der Waals surface area contributed by atoms with Crippen LogP contribution < -0.4 is 5.32 Å². The summed E-state index contributed by atoms with van der Waals surface area (Å²) < 4.78 is 32.7. The fraction of sp³-hybridized carbons (Fsp3) is 0.500. The lowest BCUT2D eigenvalue weighted by Crippen LogP contribution is -2.22. The third kappa shape index (κ3) is 3.45. The van der Waals surface area contributed by atoms with Crippen LogP contribution in [-0.4, -0.2) is 30.3 Å². The number of benzene rings is 1. The number of hydrogen-bond acceptors (Lipinski definition) is 3. The van der Waals surface area contributed by atoms with Gasteiger partial charge in [0, 0.05) is 13.2 Å². The molecule has 1 fully saturated rings. The largest absolute Gasteiger partial charge is 0.478 e. The highest BCUT2D eigenvalue weighted by Gasteiger charge is 2.18. The first-order valence-electron chi connectivity index (χ1n) is 6.66. The number of nitrogens with one attached hydrogen (secondary N) is 1. The van der Waals surface area contributed by atoms with Crippen LogP contribution in [0, 0.1) is 11.6 Å². The Kier molecular flexibility index (Phi) is 4.89. The van der Waals surface area contributed by atoms with Crippen molar-refractivity contribution in [2.45, 2.75) is 31.8 Å². The minimum atomic E-state index is -1.48. The van der Waals surface area contributed by atoms with Crippen LogP contribution in [0.1, 0.15) is 36.0 Å². The number of ether oxygens (including phenoxy) is 1. The van der Waals surface area contributed by atoms with Gasteiger partial charge in [0.15, 0.2) is 11.6 Å². The Hall–Kier alpha value is -1.69. The monoisotopic (exact) mass is 285 g/mol. The zero-order valence-electron chi connectivity index (χ0n) is 11.0. The Bertz CT molecular complexity index is 488. The topological polar surface area (TPSA) is 58.6 Å². The van der Waals surface area contributed by atoms with Crippen molar-refractivity contribution in [2.75, 3.05) is 18.5 Å². The van der Waals surface area contributed by atoms with Crippen LogP contribution in [0.4, 0.5) is 14.5 Å². The van der Waals surface area contributed by atoms with E-state index in [2.05, 4.69) is 5.32 Å². The van der Waals surface area contributed by atoms with Crippen LogP contribution in [0.2, 0.25) is 0 Å². The van der Waals surface area contributed by atoms with Gasteiger partial charge in [0.05, 0.1) is 17.4 Å². The highest BCUT2D eigenvalue weighted by Crippen LogP contribution is 2.21. The van der Waals surface area contributed by atoms with E-state index in [9.17, 15) is 13.6 Å². The van der Waals surface area contributed by atoms with Crippen molar-refractivity contribution >= 4 is 11.7 Å². The molecule has 1 atom stereocenters. The summed E-state index contributed by atoms with van der Waals surface area (Å²) >= 11 is 0. The van der Waals surface area contributed by atoms with Gasteiger partial charge in [-0.3, -0.25) is 0 Å². The normalized spacial score (nSPS) is 18.8. The van der Waals surface area contributed by atoms with Gasteiger partial charge in [-0.25, -0.2) is 13.6 Å². The molecule has 1 aliphatic rings. The van der Waals surface area contributed by atoms with Crippen molar-refractivity contribution in [3.63, 3.8) is 0 Å². The lowest BCUT2D eigenvalue weighted by molar-refractivity contribution is 0.0134. The molecule has 0 aromatic heterocycles. The fourth-order valence-corrected chi connectivity index (χ4v) is 2.25. The van der Waals surface area contributed by atoms with Crippen molar-refractivity contribution in [3.8, 4) is 0 Å². The van der Waals surface area contributed by atoms with E-state index in [1.165, 1.54) is 6.07 Å². The molecule has 2 rings (SSSR count). The molecule has 1 heterocycles. The van der Waals surface area contributed by atoms with E-state index in [0.717, 1.165) is 31.9 Å². The van der Waals surface area contributed by atoms with Gasteiger partial charge >= 0.3 is 5.97 Å². The Morgan fingerprint density at radius 3 is 2.80 bits per heavy atom. The number of anilines is 1. The highest BCUT2D eigenvalue weighted by atomic mass is 19.2. The second-order valence-corrected chi connectivity index (χ2v) is 4.80. The predicted molar refractivity (Wildman–Crippen MR) is 70.0 cm³/mol. The van der Waals surface area contributed by atoms with Gasteiger partial charge in [0.1, 0.15) is 0 Å². The summed E-state index contributed by atoms with van der Waals surface area (Å²) in [6.45, 7) is 1.20. The van der Waals surface area contributed by atoms with Gasteiger partial charge in [-0.15, -0.1) is 0 Å². The van der Waals surface area contributed by atoms with E-state index < -0.39 is 23.2 Å². The zero-order chi connectivity index (χ0) is 14.5. The quantitative estimate of drug-likeness (QED) is 0.873. The molecule has 6 heteroatoms. The molecule has 4 nitrogen and oxygen atoms in total. The van der Waals surface area contributed by atoms with Gasteiger partial charge in [0.25, 0.3) is 0 Å². The highest BCUT2D eigenvalue weighted by molar-refractivity contribution is 5.88. The number of aromatic carboxylic acids is 1. The van der Waals surface area contributed by atoms with Gasteiger partial charge in [-0.2, -0.15) is 0 Å². The molecule has 1 aromatic rings. The summed E-state index contributed by atoms with van der Waals surface area (Å²) in [5.74, 6) is -3.98. The molecule has 1 aliphatic heterocycles. The van der Waals surface area contributed by atoms with Gasteiger partial charge in [0.2, 0.25) is 0 Å². The lowest BCUT2D eigenvalue weighted by atomic mass is 10.1. The molecular weight excluding hydrogens is 268 g/mol. The van der Waals surface area contributed by atoms with Gasteiger partial charge in [-0.1, -0.05) is 0 Å². The number of carbonyl (C=O) groups is 1. The van der Waals surface area contributed by atoms with Gasteiger partial charge < -0.3 is 15.2 Å². The molecule has 0 bridgehead atoms. The number of halogens is 2. The third-order valence-corrected chi connectivity index (χ3v) is 3.37. The van der Waals surface area contributed by atoms with Crippen molar-refractivity contribution in [2.24, 2.45) is 0 Å². The lowest BCUT2D eigenvalue weighted by Gasteiger charge is -2.22. The van der Waals surface area contributed by atoms with Crippen molar-refractivity contribution in [3.05, 3.63) is 29.3 Å². The molecule has 1 unspecified atom stereocenters. The molecule has 0 radical (unpaired) electrons. The first kappa shape index (κ1) is 14.7. The molecule has 0 amide bonds. The molecule has 0 saturated carbocycles. The summed E-state index contributed by atoms with van der Waals surface area (Å²) in [7, 11) is 0. The minimum absolute atomic E-state index is 0.0247. The summed E-state index contributed by atoms with van der Waals surface area (Å²) in [4.78, 5) is 10.7. The smallest absolute Gasteiger partial charge is 0.338 e. The molecule has 2 N–H and O–H groups in total. The number of hydrogen-bond donors (Lipinski definition) is 2. The second-order valence-electron chi connectivity index (χ2n) is 4.80. The zero-order valence-corrected chi connectivity index (χ0v) is 11.0. The SMILES string of the molecule is O=C(O)c1ccc(NCCC2CCCCO2)c(F)c1F. The summed E-state index contributed by atoms with van der Waals surface area (Å²) in [5, 5.41) is 11.5. The first-order chi connectivity index (χ1) is 9.59. The Labute approximate surface area is 115 Å². The minimum Gasteiger partial charge on any atom is -0.478 e. The van der Waals surface area contributed by atoms with Crippen LogP contribution >= 0.6 is 0 Å². The number of carboxylic acids is 1. The molecule has 1 aromatic carbocycles. The number of rotatable bonds is 5. The maximum atomic E-state index is 13.7. The van der Waals surface area contributed by atoms with E-state index in [4.69, 9.17) is 9.84 Å². The summed E-state index contributed by atoms with van der Waals surface area (Å²) in [5.41, 5.74) is -0.688. The fourth-order valence-electron chi connectivity index (χ4n) is 2.25. The average molecular weight is 285 g/mol. The second kappa shape index (κ2) is 6.65. The molecule has 0 aliphatic carbocycles. The van der Waals surface area contributed by atoms with E-state index in [-0.39, 0.29) is 11.8 Å². The third-order valence-electron chi connectivity index (χ3n) is 3.37. The molecule has 0 spiro atoms. The van der Waals surface area contributed by atoms with Crippen LogP contribution in [-0.2, 0) is 4.74 Å². The van der Waals surface area contributed by atoms with Crippen molar-refractivity contribution < 1.29 is 23.4 Å². The van der Waals surface area contributed by atoms with Crippen LogP contribution in [0.25, 0.3) is 0 Å².